The number of carbonyl (C=O) groups is 7. The number of nitrogens with zero attached hydrogens (tertiary/aromatic N) is 3. The van der Waals surface area contributed by atoms with Gasteiger partial charge in [-0.25, -0.2) is 8.78 Å². The average molecular weight is 1210 g/mol. The second-order valence-corrected chi connectivity index (χ2v) is 24.9. The Morgan fingerprint density at radius 3 is 1.93 bits per heavy atom. The van der Waals surface area contributed by atoms with Gasteiger partial charge in [-0.1, -0.05) is 51.1 Å². The van der Waals surface area contributed by atoms with Crippen LogP contribution in [0.15, 0.2) is 85.3 Å². The fourth-order valence-corrected chi connectivity index (χ4v) is 10.1. The minimum Gasteiger partial charge on any atom is -0.460 e. The molecule has 4 rings (SSSR count). The molecule has 3 N–H and O–H groups in total. The molecule has 18 nitrogen and oxygen atoms in total. The Kier molecular flexibility index (Phi) is 30.0. The van der Waals surface area contributed by atoms with Crippen molar-refractivity contribution in [1.82, 2.24) is 19.8 Å². The van der Waals surface area contributed by atoms with Crippen molar-refractivity contribution in [3.63, 3.8) is 0 Å². The number of primary amides is 1. The zero-order chi connectivity index (χ0) is 62.6. The minimum absolute atomic E-state index is 0.0265. The monoisotopic (exact) mass is 1210 g/mol. The quantitative estimate of drug-likeness (QED) is 0.0313. The van der Waals surface area contributed by atoms with Crippen LogP contribution in [0.3, 0.4) is 0 Å². The molecule has 0 aliphatic rings. The summed E-state index contributed by atoms with van der Waals surface area (Å²) >= 11 is 1.18. The lowest BCUT2D eigenvalue weighted by atomic mass is 9.82. The van der Waals surface area contributed by atoms with E-state index < -0.39 is 76.2 Å². The van der Waals surface area contributed by atoms with Crippen LogP contribution in [0.25, 0.3) is 11.1 Å². The van der Waals surface area contributed by atoms with E-state index in [1.807, 2.05) is 76.4 Å². The van der Waals surface area contributed by atoms with E-state index in [9.17, 15) is 33.2 Å². The molecule has 3 amide bonds. The Bertz CT molecular complexity index is 2750. The highest BCUT2D eigenvalue weighted by Crippen LogP contribution is 2.42. The van der Waals surface area contributed by atoms with Gasteiger partial charge in [0.15, 0.2) is 5.78 Å². The number of unbranched alkanes of at least 4 members (excludes halogenated alkanes) is 1. The minimum atomic E-state index is -1.17. The molecule has 0 spiro atoms. The number of benzene rings is 2. The van der Waals surface area contributed by atoms with Crippen molar-refractivity contribution in [1.29, 1.82) is 0 Å². The Morgan fingerprint density at radius 1 is 0.694 bits per heavy atom. The number of nitrogens with two attached hydrogens (primary N) is 1. The predicted molar refractivity (Wildman–Crippen MR) is 321 cm³/mol. The molecule has 2 aromatic heterocycles. The van der Waals surface area contributed by atoms with Crippen molar-refractivity contribution in [3.05, 3.63) is 114 Å². The van der Waals surface area contributed by atoms with Crippen LogP contribution in [0.2, 0.25) is 0 Å². The molecule has 21 heteroatoms. The van der Waals surface area contributed by atoms with Crippen molar-refractivity contribution in [2.24, 2.45) is 17.1 Å². The topological polar surface area (TPSA) is 234 Å². The standard InChI is InChI=1S/C64H89F2N5O13S/c1-62(2,3)60(54-38-47(51-39-49(65)20-21-52(51)66)42-70(54)41-46-16-11-10-12-17-46)71(27-14-13-18-55(73)53(40-56(67)74)69-57(75)36-45-22-25-68-26-23-45)58(76)44-85-43-48(61(78)84-64(7,8)9)37-50(72)24-29-80-31-33-82-35-34-81-32-30-79-28-15-19-59(77)83-63(4,5)6/h10-12,16-17,20-23,25-26,38-39,42,48,53,60H,13-15,18-19,24,27-37,40-41,43-44H2,1-9H3,(H2,67,74)(H,69,75)/t48-,53-,60-/m0/s1. The maximum Gasteiger partial charge on any atom is 0.310 e. The molecule has 0 saturated carbocycles. The number of halogens is 2. The van der Waals surface area contributed by atoms with E-state index in [-0.39, 0.29) is 99.6 Å². The second kappa shape index (κ2) is 35.9. The van der Waals surface area contributed by atoms with Gasteiger partial charge in [0.05, 0.1) is 82.8 Å². The van der Waals surface area contributed by atoms with Crippen LogP contribution in [-0.4, -0.2) is 144 Å². The Labute approximate surface area is 504 Å². The third kappa shape index (κ3) is 28.1. The highest BCUT2D eigenvalue weighted by atomic mass is 32.2. The van der Waals surface area contributed by atoms with E-state index in [2.05, 4.69) is 10.3 Å². The van der Waals surface area contributed by atoms with Crippen molar-refractivity contribution >= 4 is 53.0 Å². The molecule has 0 bridgehead atoms. The zero-order valence-corrected chi connectivity index (χ0v) is 51.9. The zero-order valence-electron chi connectivity index (χ0n) is 51.1. The lowest BCUT2D eigenvalue weighted by Crippen LogP contribution is -2.44. The number of ether oxygens (including phenoxy) is 6. The fourth-order valence-electron chi connectivity index (χ4n) is 9.15. The Morgan fingerprint density at radius 2 is 1.32 bits per heavy atom. The number of esters is 2. The molecule has 0 unspecified atom stereocenters. The maximum atomic E-state index is 15.6. The number of hydrogen-bond acceptors (Lipinski definition) is 15. The first-order chi connectivity index (χ1) is 40.2. The van der Waals surface area contributed by atoms with Crippen LogP contribution in [0, 0.1) is 23.0 Å². The molecule has 0 saturated heterocycles. The molecule has 0 fully saturated rings. The summed E-state index contributed by atoms with van der Waals surface area (Å²) in [7, 11) is 0. The van der Waals surface area contributed by atoms with Crippen molar-refractivity contribution in [2.45, 2.75) is 150 Å². The predicted octanol–water partition coefficient (Wildman–Crippen LogP) is 9.36. The average Bonchev–Trinajstić information content (AvgIpc) is 2.36. The van der Waals surface area contributed by atoms with E-state index >= 15 is 9.18 Å². The van der Waals surface area contributed by atoms with Crippen LogP contribution >= 0.6 is 11.8 Å². The van der Waals surface area contributed by atoms with E-state index in [0.717, 1.165) is 23.8 Å². The summed E-state index contributed by atoms with van der Waals surface area (Å²) in [5.41, 5.74) is 6.08. The van der Waals surface area contributed by atoms with Gasteiger partial charge in [0.25, 0.3) is 0 Å². The lowest BCUT2D eigenvalue weighted by molar-refractivity contribution is -0.160. The van der Waals surface area contributed by atoms with Gasteiger partial charge in [-0.05, 0) is 114 Å². The highest BCUT2D eigenvalue weighted by Gasteiger charge is 2.38. The lowest BCUT2D eigenvalue weighted by Gasteiger charge is -2.41. The van der Waals surface area contributed by atoms with Crippen LogP contribution in [0.1, 0.15) is 137 Å². The maximum absolute atomic E-state index is 15.6. The summed E-state index contributed by atoms with van der Waals surface area (Å²) in [4.78, 5) is 98.6. The van der Waals surface area contributed by atoms with Gasteiger partial charge in [0, 0.05) is 86.5 Å². The highest BCUT2D eigenvalue weighted by molar-refractivity contribution is 7.99. The first kappa shape index (κ1) is 71.1. The second-order valence-electron chi connectivity index (χ2n) is 23.9. The number of hydrogen-bond donors (Lipinski definition) is 2. The molecular formula is C64H89F2N5O13S. The molecule has 0 aliphatic heterocycles. The van der Waals surface area contributed by atoms with Gasteiger partial charge in [-0.3, -0.25) is 38.5 Å². The number of aromatic nitrogens is 2. The van der Waals surface area contributed by atoms with E-state index in [0.29, 0.717) is 69.2 Å². The summed E-state index contributed by atoms with van der Waals surface area (Å²) in [6.07, 6.45) is 5.57. The number of ketones is 2. The van der Waals surface area contributed by atoms with E-state index in [1.165, 1.54) is 11.8 Å². The molecule has 0 radical (unpaired) electrons. The molecule has 2 aromatic carbocycles. The number of pyridine rings is 1. The summed E-state index contributed by atoms with van der Waals surface area (Å²) in [6.45, 7) is 19.4. The number of nitrogens with one attached hydrogen (secondary N) is 1. The summed E-state index contributed by atoms with van der Waals surface area (Å²) < 4.78 is 65.6. The van der Waals surface area contributed by atoms with Gasteiger partial charge < -0.3 is 48.9 Å². The van der Waals surface area contributed by atoms with Gasteiger partial charge in [0.1, 0.15) is 28.6 Å². The third-order valence-corrected chi connectivity index (χ3v) is 14.0. The van der Waals surface area contributed by atoms with Crippen LogP contribution in [0.5, 0.6) is 0 Å². The summed E-state index contributed by atoms with van der Waals surface area (Å²) in [6, 6.07) is 16.0. The smallest absolute Gasteiger partial charge is 0.310 e. The molecule has 3 atom stereocenters. The molecule has 4 aromatic rings. The summed E-state index contributed by atoms with van der Waals surface area (Å²) in [5.74, 6) is -5.29. The van der Waals surface area contributed by atoms with Crippen LogP contribution < -0.4 is 11.1 Å². The van der Waals surface area contributed by atoms with Gasteiger partial charge >= 0.3 is 11.9 Å². The molecule has 85 heavy (non-hydrogen) atoms. The SMILES string of the molecule is CC(C)(C)OC(=O)CCCOCCOCCOCCOCCC(=O)C[C@@H](CSCC(=O)N(CCCCC(=O)[C@H](CC(N)=O)NC(=O)Cc1ccncc1)[C@@H](c1cc(-c2cc(F)ccc2F)cn1Cc1ccccc1)C(C)(C)C)C(=O)OC(C)(C)C. The van der Waals surface area contributed by atoms with Crippen molar-refractivity contribution < 1.29 is 70.8 Å². The fraction of sp³-hybridized carbons (Fsp3) is 0.562. The Balaban J connectivity index is 1.45. The molecule has 468 valence electrons. The normalized spacial score (nSPS) is 12.9. The molecular weight excluding hydrogens is 1120 g/mol. The first-order valence-corrected chi connectivity index (χ1v) is 30.2. The van der Waals surface area contributed by atoms with E-state index in [4.69, 9.17) is 34.2 Å². The Hall–Kier alpha value is -6.39. The number of thioether (sulfide) groups is 1. The van der Waals surface area contributed by atoms with Crippen LogP contribution in [-0.2, 0) is 74.9 Å². The number of carbonyl (C=O) groups excluding carboxylic acids is 7. The number of amides is 3. The van der Waals surface area contributed by atoms with Gasteiger partial charge in [-0.15, -0.1) is 0 Å². The van der Waals surface area contributed by atoms with Crippen molar-refractivity contribution in [2.75, 3.05) is 70.9 Å². The van der Waals surface area contributed by atoms with Crippen LogP contribution in [0.4, 0.5) is 8.78 Å². The van der Waals surface area contributed by atoms with E-state index in [1.54, 1.807) is 62.5 Å². The van der Waals surface area contributed by atoms with Crippen molar-refractivity contribution in [3.8, 4) is 11.1 Å². The number of Topliss-reactive ketones (excluding diaryl/α,β-unsaturated/α-hetero) is 2. The first-order valence-electron chi connectivity index (χ1n) is 29.0. The largest absolute Gasteiger partial charge is 0.460 e. The number of rotatable bonds is 39. The third-order valence-electron chi connectivity index (χ3n) is 12.9. The van der Waals surface area contributed by atoms with Gasteiger partial charge in [-0.2, -0.15) is 11.8 Å². The van der Waals surface area contributed by atoms with Gasteiger partial charge in [0.2, 0.25) is 17.7 Å². The summed E-state index contributed by atoms with van der Waals surface area (Å²) in [5, 5.41) is 2.66. The molecule has 0 aliphatic carbocycles. The molecule has 2 heterocycles.